The molecular weight excluding hydrogens is 397 g/mol. The summed E-state index contributed by atoms with van der Waals surface area (Å²) in [4.78, 5) is 26.4. The van der Waals surface area contributed by atoms with Crippen LogP contribution in [0, 0.1) is 11.8 Å². The van der Waals surface area contributed by atoms with Gasteiger partial charge in [0, 0.05) is 37.1 Å². The molecule has 2 heterocycles. The molecular formula is C21H21ClFN3O3. The van der Waals surface area contributed by atoms with Gasteiger partial charge in [0.15, 0.2) is 0 Å². The van der Waals surface area contributed by atoms with Gasteiger partial charge in [0.1, 0.15) is 11.7 Å². The minimum absolute atomic E-state index is 0.00745. The van der Waals surface area contributed by atoms with E-state index >= 15 is 0 Å². The summed E-state index contributed by atoms with van der Waals surface area (Å²) in [6, 6.07) is 2.88. The molecule has 6 nitrogen and oxygen atoms in total. The second-order valence-electron chi connectivity index (χ2n) is 8.27. The lowest BCUT2D eigenvalue weighted by Crippen LogP contribution is -2.35. The Balaban J connectivity index is 1.64. The maximum Gasteiger partial charge on any atom is 0.341 e. The first kappa shape index (κ1) is 18.6. The highest BCUT2D eigenvalue weighted by Crippen LogP contribution is 2.44. The predicted molar refractivity (Wildman–Crippen MR) is 110 cm³/mol. The second-order valence-corrected chi connectivity index (χ2v) is 8.65. The van der Waals surface area contributed by atoms with E-state index in [1.165, 1.54) is 10.8 Å². The van der Waals surface area contributed by atoms with Crippen LogP contribution in [0.2, 0.25) is 5.02 Å². The predicted octanol–water partition coefficient (Wildman–Crippen LogP) is 2.98. The number of nitrogens with zero attached hydrogens (tertiary/aromatic N) is 2. The van der Waals surface area contributed by atoms with Crippen molar-refractivity contribution in [3.8, 4) is 0 Å². The standard InChI is InChI=1S/C21H21ClFN3O3/c22-18-16(25-7-10-2-1-3-15(24)12(10)8-25)5-4-11-19(18)26(17-6-14(17)23)9-13(20(11)27)21(28)29/h1,3-5,9-10,12,14-15,17H,2,6-8,24H2,(H,28,29). The Morgan fingerprint density at radius 1 is 1.31 bits per heavy atom. The number of rotatable bonds is 3. The van der Waals surface area contributed by atoms with E-state index in [9.17, 15) is 19.1 Å². The number of allylic oxidation sites excluding steroid dienone is 1. The number of anilines is 1. The second kappa shape index (κ2) is 6.57. The molecule has 1 aliphatic heterocycles. The molecule has 0 bridgehead atoms. The Morgan fingerprint density at radius 2 is 2.07 bits per heavy atom. The fraction of sp³-hybridized carbons (Fsp3) is 0.429. The van der Waals surface area contributed by atoms with Gasteiger partial charge in [0.25, 0.3) is 0 Å². The van der Waals surface area contributed by atoms with Crippen LogP contribution >= 0.6 is 11.6 Å². The Bertz CT molecular complexity index is 1110. The summed E-state index contributed by atoms with van der Waals surface area (Å²) in [5.74, 6) is -0.550. The number of carboxylic acids is 1. The van der Waals surface area contributed by atoms with Gasteiger partial charge in [-0.1, -0.05) is 23.8 Å². The van der Waals surface area contributed by atoms with Crippen molar-refractivity contribution < 1.29 is 14.3 Å². The number of fused-ring (bicyclic) bond motifs is 2. The maximum absolute atomic E-state index is 13.9. The largest absolute Gasteiger partial charge is 0.477 e. The van der Waals surface area contributed by atoms with Gasteiger partial charge in [-0.25, -0.2) is 9.18 Å². The first-order valence-corrected chi connectivity index (χ1v) is 10.2. The molecule has 0 radical (unpaired) electrons. The third-order valence-corrected chi connectivity index (χ3v) is 6.88. The maximum atomic E-state index is 13.9. The van der Waals surface area contributed by atoms with E-state index in [1.807, 2.05) is 6.08 Å². The van der Waals surface area contributed by atoms with Crippen molar-refractivity contribution >= 4 is 34.2 Å². The number of aromatic carboxylic acids is 1. The molecule has 5 rings (SSSR count). The first-order chi connectivity index (χ1) is 13.9. The van der Waals surface area contributed by atoms with Gasteiger partial charge < -0.3 is 20.3 Å². The van der Waals surface area contributed by atoms with Gasteiger partial charge >= 0.3 is 5.97 Å². The number of hydrogen-bond donors (Lipinski definition) is 2. The Hall–Kier alpha value is -2.38. The van der Waals surface area contributed by atoms with E-state index in [2.05, 4.69) is 11.0 Å². The number of benzene rings is 1. The number of aromatic nitrogens is 1. The average molecular weight is 418 g/mol. The van der Waals surface area contributed by atoms with E-state index in [-0.39, 0.29) is 23.4 Å². The molecule has 152 valence electrons. The molecule has 0 spiro atoms. The van der Waals surface area contributed by atoms with E-state index in [1.54, 1.807) is 12.1 Å². The van der Waals surface area contributed by atoms with Gasteiger partial charge in [-0.3, -0.25) is 4.79 Å². The van der Waals surface area contributed by atoms with Crippen LogP contribution in [0.25, 0.3) is 10.9 Å². The smallest absolute Gasteiger partial charge is 0.341 e. The number of halogens is 2. The van der Waals surface area contributed by atoms with E-state index in [0.29, 0.717) is 22.4 Å². The quantitative estimate of drug-likeness (QED) is 0.749. The summed E-state index contributed by atoms with van der Waals surface area (Å²) < 4.78 is 15.4. The lowest BCUT2D eigenvalue weighted by molar-refractivity contribution is 0.0694. The molecule has 5 unspecified atom stereocenters. The Labute approximate surface area is 171 Å². The molecule has 8 heteroatoms. The summed E-state index contributed by atoms with van der Waals surface area (Å²) in [5, 5.41) is 9.95. The summed E-state index contributed by atoms with van der Waals surface area (Å²) in [7, 11) is 0. The lowest BCUT2D eigenvalue weighted by atomic mass is 9.83. The number of alkyl halides is 1. The van der Waals surface area contributed by atoms with Crippen molar-refractivity contribution in [3.05, 3.63) is 51.3 Å². The number of nitrogens with two attached hydrogens (primary N) is 1. The molecule has 5 atom stereocenters. The molecule has 1 aromatic heterocycles. The van der Waals surface area contributed by atoms with Gasteiger partial charge in [-0.15, -0.1) is 0 Å². The van der Waals surface area contributed by atoms with Crippen LogP contribution in [0.5, 0.6) is 0 Å². The summed E-state index contributed by atoms with van der Waals surface area (Å²) >= 11 is 6.77. The fourth-order valence-corrected chi connectivity index (χ4v) is 5.21. The highest BCUT2D eigenvalue weighted by Gasteiger charge is 2.41. The number of carbonyl (C=O) groups is 1. The molecule has 1 saturated heterocycles. The van der Waals surface area contributed by atoms with E-state index in [4.69, 9.17) is 17.3 Å². The third-order valence-electron chi connectivity index (χ3n) is 6.50. The zero-order valence-electron chi connectivity index (χ0n) is 15.6. The van der Waals surface area contributed by atoms with Crippen LogP contribution in [0.4, 0.5) is 10.1 Å². The van der Waals surface area contributed by atoms with Gasteiger partial charge in [-0.2, -0.15) is 0 Å². The average Bonchev–Trinajstić information content (AvgIpc) is 3.23. The van der Waals surface area contributed by atoms with Crippen molar-refractivity contribution in [1.29, 1.82) is 0 Å². The molecule has 1 aromatic carbocycles. The summed E-state index contributed by atoms with van der Waals surface area (Å²) in [5.41, 5.74) is 6.45. The summed E-state index contributed by atoms with van der Waals surface area (Å²) in [6.45, 7) is 1.56. The summed E-state index contributed by atoms with van der Waals surface area (Å²) in [6.07, 6.45) is 5.59. The minimum atomic E-state index is -1.33. The third kappa shape index (κ3) is 2.87. The van der Waals surface area contributed by atoms with Crippen LogP contribution < -0.4 is 16.1 Å². The SMILES string of the molecule is NC1C=CCC2CN(c3ccc4c(=O)c(C(=O)O)cn(C5CC5F)c4c3Cl)CC12. The highest BCUT2D eigenvalue weighted by molar-refractivity contribution is 6.38. The lowest BCUT2D eigenvalue weighted by Gasteiger charge is -2.25. The molecule has 3 aliphatic rings. The van der Waals surface area contributed by atoms with Crippen LogP contribution in [-0.2, 0) is 0 Å². The van der Waals surface area contributed by atoms with Crippen LogP contribution in [0.15, 0.2) is 35.3 Å². The zero-order chi connectivity index (χ0) is 20.4. The molecule has 1 saturated carbocycles. The van der Waals surface area contributed by atoms with Gasteiger partial charge in [-0.05, 0) is 30.4 Å². The normalized spacial score (nSPS) is 30.6. The Kier molecular flexibility index (Phi) is 4.22. The van der Waals surface area contributed by atoms with Crippen LogP contribution in [0.1, 0.15) is 29.2 Å². The number of hydrogen-bond acceptors (Lipinski definition) is 4. The zero-order valence-corrected chi connectivity index (χ0v) is 16.3. The topological polar surface area (TPSA) is 88.6 Å². The Morgan fingerprint density at radius 3 is 2.72 bits per heavy atom. The van der Waals surface area contributed by atoms with Crippen molar-refractivity contribution in [3.63, 3.8) is 0 Å². The molecule has 0 amide bonds. The molecule has 2 fully saturated rings. The monoisotopic (exact) mass is 417 g/mol. The fourth-order valence-electron chi connectivity index (χ4n) is 4.83. The van der Waals surface area contributed by atoms with Crippen molar-refractivity contribution in [2.45, 2.75) is 31.1 Å². The first-order valence-electron chi connectivity index (χ1n) is 9.78. The van der Waals surface area contributed by atoms with Crippen molar-refractivity contribution in [1.82, 2.24) is 4.57 Å². The van der Waals surface area contributed by atoms with E-state index in [0.717, 1.165) is 25.2 Å². The molecule has 2 aliphatic carbocycles. The minimum Gasteiger partial charge on any atom is -0.477 e. The van der Waals surface area contributed by atoms with Crippen LogP contribution in [0.3, 0.4) is 0 Å². The number of carboxylic acid groups (broad SMARTS) is 1. The van der Waals surface area contributed by atoms with Crippen molar-refractivity contribution in [2.24, 2.45) is 17.6 Å². The molecule has 29 heavy (non-hydrogen) atoms. The van der Waals surface area contributed by atoms with Gasteiger partial charge in [0.05, 0.1) is 22.3 Å². The van der Waals surface area contributed by atoms with Gasteiger partial charge in [0.2, 0.25) is 5.43 Å². The van der Waals surface area contributed by atoms with Crippen LogP contribution in [-0.4, -0.2) is 40.9 Å². The van der Waals surface area contributed by atoms with E-state index < -0.39 is 23.6 Å². The molecule has 2 aromatic rings. The number of pyridine rings is 1. The highest BCUT2D eigenvalue weighted by atomic mass is 35.5. The molecule has 3 N–H and O–H groups in total. The van der Waals surface area contributed by atoms with Crippen molar-refractivity contribution in [2.75, 3.05) is 18.0 Å².